The molecule has 11 heteroatoms. The van der Waals surface area contributed by atoms with Crippen LogP contribution in [0.3, 0.4) is 0 Å². The third-order valence-corrected chi connectivity index (χ3v) is 5.28. The van der Waals surface area contributed by atoms with Crippen LogP contribution in [0.15, 0.2) is 0 Å². The number of hydrogen-bond donors (Lipinski definition) is 3. The summed E-state index contributed by atoms with van der Waals surface area (Å²) >= 11 is 0. The zero-order chi connectivity index (χ0) is 20.9. The topological polar surface area (TPSA) is 135 Å². The lowest BCUT2D eigenvalue weighted by Crippen LogP contribution is -2.64. The molecule has 2 saturated heterocycles. The van der Waals surface area contributed by atoms with Gasteiger partial charge in [-0.05, 0) is 0 Å². The Bertz CT molecular complexity index is 466. The van der Waals surface area contributed by atoms with E-state index in [0.717, 1.165) is 0 Å². The Kier molecular flexibility index (Phi) is 8.98. The normalized spacial score (nSPS) is 44.1. The van der Waals surface area contributed by atoms with Crippen molar-refractivity contribution in [2.75, 3.05) is 55.4 Å². The Morgan fingerprint density at radius 1 is 0.714 bits per heavy atom. The predicted octanol–water partition coefficient (Wildman–Crippen LogP) is -2.13. The lowest BCUT2D eigenvalue weighted by atomic mass is 9.98. The number of aliphatic hydroxyl groups excluding tert-OH is 3. The van der Waals surface area contributed by atoms with Crippen molar-refractivity contribution in [2.45, 2.75) is 54.8 Å². The molecule has 0 aromatic heterocycles. The van der Waals surface area contributed by atoms with Crippen LogP contribution in [-0.4, -0.2) is 125 Å². The Morgan fingerprint density at radius 3 is 1.71 bits per heavy atom. The van der Waals surface area contributed by atoms with Crippen molar-refractivity contribution >= 4 is 0 Å². The summed E-state index contributed by atoms with van der Waals surface area (Å²) in [7, 11) is 7.26. The van der Waals surface area contributed by atoms with E-state index in [4.69, 9.17) is 37.9 Å². The monoisotopic (exact) mass is 412 g/mol. The van der Waals surface area contributed by atoms with Gasteiger partial charge in [0, 0.05) is 35.5 Å². The molecule has 9 atom stereocenters. The number of aliphatic hydroxyl groups is 3. The van der Waals surface area contributed by atoms with Crippen molar-refractivity contribution in [2.24, 2.45) is 0 Å². The maximum atomic E-state index is 10.1. The molecule has 2 aliphatic heterocycles. The van der Waals surface area contributed by atoms with Gasteiger partial charge in [-0.3, -0.25) is 0 Å². The van der Waals surface area contributed by atoms with Crippen molar-refractivity contribution in [1.29, 1.82) is 0 Å². The second-order valence-corrected chi connectivity index (χ2v) is 6.61. The van der Waals surface area contributed by atoms with Gasteiger partial charge in [-0.25, -0.2) is 0 Å². The van der Waals surface area contributed by atoms with Crippen molar-refractivity contribution in [3.63, 3.8) is 0 Å². The molecule has 0 radical (unpaired) electrons. The molecule has 9 unspecified atom stereocenters. The van der Waals surface area contributed by atoms with Gasteiger partial charge in [0.2, 0.25) is 5.79 Å². The summed E-state index contributed by atoms with van der Waals surface area (Å²) in [6.45, 7) is -1.32. The molecule has 0 bridgehead atoms. The summed E-state index contributed by atoms with van der Waals surface area (Å²) in [6, 6.07) is 0. The molecule has 2 aliphatic rings. The van der Waals surface area contributed by atoms with E-state index in [0.29, 0.717) is 0 Å². The molecule has 28 heavy (non-hydrogen) atoms. The van der Waals surface area contributed by atoms with E-state index < -0.39 is 61.4 Å². The zero-order valence-electron chi connectivity index (χ0n) is 16.8. The highest BCUT2D eigenvalue weighted by Gasteiger charge is 2.60. The summed E-state index contributed by atoms with van der Waals surface area (Å²) in [5.41, 5.74) is 0. The van der Waals surface area contributed by atoms with Crippen LogP contribution in [0.1, 0.15) is 0 Å². The molecule has 0 aliphatic carbocycles. The van der Waals surface area contributed by atoms with Crippen molar-refractivity contribution in [3.8, 4) is 0 Å². The Balaban J connectivity index is 2.33. The Labute approximate surface area is 164 Å². The molecule has 3 N–H and O–H groups in total. The number of ether oxygens (including phenoxy) is 8. The van der Waals surface area contributed by atoms with Crippen LogP contribution in [0.4, 0.5) is 0 Å². The minimum Gasteiger partial charge on any atom is -0.394 e. The number of methoxy groups -OCH3 is 5. The van der Waals surface area contributed by atoms with Crippen LogP contribution in [0, 0.1) is 0 Å². The van der Waals surface area contributed by atoms with E-state index in [1.54, 1.807) is 0 Å². The summed E-state index contributed by atoms with van der Waals surface area (Å²) < 4.78 is 44.9. The highest BCUT2D eigenvalue weighted by Crippen LogP contribution is 2.39. The molecule has 166 valence electrons. The Morgan fingerprint density at radius 2 is 1.29 bits per heavy atom. The van der Waals surface area contributed by atoms with Crippen molar-refractivity contribution in [1.82, 2.24) is 0 Å². The van der Waals surface area contributed by atoms with E-state index in [1.807, 2.05) is 0 Å². The number of rotatable bonds is 10. The molecule has 0 aromatic carbocycles. The van der Waals surface area contributed by atoms with Gasteiger partial charge >= 0.3 is 0 Å². The molecule has 0 amide bonds. The van der Waals surface area contributed by atoms with E-state index >= 15 is 0 Å². The van der Waals surface area contributed by atoms with Gasteiger partial charge in [0.1, 0.15) is 49.3 Å². The van der Waals surface area contributed by atoms with Gasteiger partial charge in [-0.1, -0.05) is 0 Å². The summed E-state index contributed by atoms with van der Waals surface area (Å²) in [5, 5.41) is 29.4. The molecule has 11 nitrogen and oxygen atoms in total. The van der Waals surface area contributed by atoms with Gasteiger partial charge in [0.15, 0.2) is 6.29 Å². The second-order valence-electron chi connectivity index (χ2n) is 6.61. The predicted molar refractivity (Wildman–Crippen MR) is 92.6 cm³/mol. The Hall–Kier alpha value is -0.440. The molecular formula is C17H32O11. The first-order valence-electron chi connectivity index (χ1n) is 8.98. The standard InChI is InChI=1S/C17H32O11/c1-21-11-9(6-18)26-16(14(24-4)13(11)23-3)28-17(8-20)15(25-5)12(22-2)10(7-19)27-17/h9-16,18-20H,6-8H2,1-5H3. The highest BCUT2D eigenvalue weighted by molar-refractivity contribution is 5.00. The fourth-order valence-electron chi connectivity index (χ4n) is 3.94. The van der Waals surface area contributed by atoms with Gasteiger partial charge in [0.25, 0.3) is 0 Å². The van der Waals surface area contributed by atoms with Crippen LogP contribution >= 0.6 is 0 Å². The van der Waals surface area contributed by atoms with E-state index in [1.165, 1.54) is 35.5 Å². The van der Waals surface area contributed by atoms with Crippen LogP contribution < -0.4 is 0 Å². The lowest BCUT2D eigenvalue weighted by Gasteiger charge is -2.46. The van der Waals surface area contributed by atoms with E-state index in [9.17, 15) is 15.3 Å². The summed E-state index contributed by atoms with van der Waals surface area (Å²) in [5.74, 6) is -1.69. The summed E-state index contributed by atoms with van der Waals surface area (Å²) in [6.07, 6.45) is -6.21. The third kappa shape index (κ3) is 4.20. The first-order valence-corrected chi connectivity index (χ1v) is 8.98. The largest absolute Gasteiger partial charge is 0.394 e. The van der Waals surface area contributed by atoms with Gasteiger partial charge in [-0.15, -0.1) is 0 Å². The lowest BCUT2D eigenvalue weighted by molar-refractivity contribution is -0.388. The second kappa shape index (κ2) is 10.5. The van der Waals surface area contributed by atoms with Gasteiger partial charge in [0.05, 0.1) is 13.2 Å². The molecule has 2 fully saturated rings. The fraction of sp³-hybridized carbons (Fsp3) is 1.00. The molecule has 2 rings (SSSR count). The first kappa shape index (κ1) is 23.8. The minimum atomic E-state index is -1.69. The molecule has 2 heterocycles. The SMILES string of the molecule is COC1C(CO)OC(OC2(CO)OC(CO)C(OC)C2OC)C(OC)C1OC. The molecule has 0 spiro atoms. The third-order valence-electron chi connectivity index (χ3n) is 5.28. The van der Waals surface area contributed by atoms with Crippen LogP contribution in [0.5, 0.6) is 0 Å². The van der Waals surface area contributed by atoms with Crippen LogP contribution in [-0.2, 0) is 37.9 Å². The van der Waals surface area contributed by atoms with Crippen molar-refractivity contribution in [3.05, 3.63) is 0 Å². The molecular weight excluding hydrogens is 380 g/mol. The van der Waals surface area contributed by atoms with E-state index in [-0.39, 0.29) is 13.2 Å². The average molecular weight is 412 g/mol. The highest BCUT2D eigenvalue weighted by atomic mass is 16.8. The minimum absolute atomic E-state index is 0.352. The van der Waals surface area contributed by atoms with Gasteiger partial charge in [-0.2, -0.15) is 0 Å². The maximum absolute atomic E-state index is 10.1. The summed E-state index contributed by atoms with van der Waals surface area (Å²) in [4.78, 5) is 0. The van der Waals surface area contributed by atoms with E-state index in [2.05, 4.69) is 0 Å². The van der Waals surface area contributed by atoms with Crippen molar-refractivity contribution < 1.29 is 53.2 Å². The average Bonchev–Trinajstić information content (AvgIpc) is 3.05. The quantitative estimate of drug-likeness (QED) is 0.363. The zero-order valence-corrected chi connectivity index (χ0v) is 16.8. The number of hydrogen-bond acceptors (Lipinski definition) is 11. The smallest absolute Gasteiger partial charge is 0.224 e. The fourth-order valence-corrected chi connectivity index (χ4v) is 3.94. The molecule has 0 saturated carbocycles. The van der Waals surface area contributed by atoms with Crippen LogP contribution in [0.2, 0.25) is 0 Å². The van der Waals surface area contributed by atoms with Crippen LogP contribution in [0.25, 0.3) is 0 Å². The maximum Gasteiger partial charge on any atom is 0.224 e. The first-order chi connectivity index (χ1) is 13.5. The molecule has 0 aromatic rings. The van der Waals surface area contributed by atoms with Gasteiger partial charge < -0.3 is 53.2 Å².